The van der Waals surface area contributed by atoms with E-state index in [1.54, 1.807) is 18.5 Å². The molecule has 246 valence electrons. The van der Waals surface area contributed by atoms with Crippen LogP contribution in [0.15, 0.2) is 79.3 Å². The fourth-order valence-electron chi connectivity index (χ4n) is 6.73. The van der Waals surface area contributed by atoms with Crippen molar-refractivity contribution >= 4 is 34.8 Å². The molecule has 0 spiro atoms. The number of carbonyl (C=O) groups is 2. The van der Waals surface area contributed by atoms with Crippen molar-refractivity contribution in [1.29, 1.82) is 0 Å². The molecule has 7 rings (SSSR count). The van der Waals surface area contributed by atoms with Crippen LogP contribution in [0.5, 0.6) is 0 Å². The monoisotopic (exact) mass is 667 g/mol. The predicted octanol–water partition coefficient (Wildman–Crippen LogP) is 5.36. The van der Waals surface area contributed by atoms with Crippen LogP contribution in [-0.4, -0.2) is 86.6 Å². The summed E-state index contributed by atoms with van der Waals surface area (Å²) in [4.78, 5) is 34.6. The summed E-state index contributed by atoms with van der Waals surface area (Å²) in [6.07, 6.45) is 7.54. The molecule has 3 aromatic carbocycles. The van der Waals surface area contributed by atoms with Gasteiger partial charge in [-0.1, -0.05) is 47.1 Å². The van der Waals surface area contributed by atoms with Crippen LogP contribution >= 0.6 is 11.6 Å². The average molecular weight is 668 g/mol. The van der Waals surface area contributed by atoms with Crippen LogP contribution in [0.1, 0.15) is 40.5 Å². The van der Waals surface area contributed by atoms with E-state index in [0.717, 1.165) is 53.9 Å². The van der Waals surface area contributed by atoms with E-state index in [1.165, 1.54) is 27.9 Å². The SMILES string of the molecule is CN(C)C1CCN(c2cccc3c2CCN(C(=O)c2cn(-c4cccc(Cl)c4F)nn2)[C@H]3C(=O)Nc2ccc(-c3cn[nH]c3)cc2)CC1. The molecule has 13 heteroatoms. The lowest BCUT2D eigenvalue weighted by atomic mass is 9.89. The molecule has 4 heterocycles. The van der Waals surface area contributed by atoms with E-state index in [1.807, 2.05) is 36.4 Å². The Hall–Kier alpha value is -5.07. The highest BCUT2D eigenvalue weighted by molar-refractivity contribution is 6.30. The Labute approximate surface area is 282 Å². The Bertz CT molecular complexity index is 1940. The number of benzene rings is 3. The second-order valence-corrected chi connectivity index (χ2v) is 12.8. The van der Waals surface area contributed by atoms with Crippen molar-refractivity contribution in [2.75, 3.05) is 43.9 Å². The first-order valence-electron chi connectivity index (χ1n) is 15.9. The molecule has 11 nitrogen and oxygen atoms in total. The van der Waals surface area contributed by atoms with E-state index in [-0.39, 0.29) is 28.9 Å². The van der Waals surface area contributed by atoms with Crippen LogP contribution in [0.25, 0.3) is 16.8 Å². The number of anilines is 2. The van der Waals surface area contributed by atoms with Gasteiger partial charge in [-0.15, -0.1) is 5.10 Å². The van der Waals surface area contributed by atoms with Gasteiger partial charge in [0.25, 0.3) is 11.8 Å². The Morgan fingerprint density at radius 2 is 1.73 bits per heavy atom. The van der Waals surface area contributed by atoms with Crippen LogP contribution in [0.4, 0.5) is 15.8 Å². The molecule has 2 aliphatic rings. The molecule has 48 heavy (non-hydrogen) atoms. The van der Waals surface area contributed by atoms with Crippen LogP contribution in [0.3, 0.4) is 0 Å². The number of nitrogens with zero attached hydrogens (tertiary/aromatic N) is 7. The van der Waals surface area contributed by atoms with Gasteiger partial charge in [0.05, 0.1) is 17.4 Å². The van der Waals surface area contributed by atoms with Gasteiger partial charge in [0.15, 0.2) is 11.5 Å². The number of H-pyrrole nitrogens is 1. The zero-order valence-corrected chi connectivity index (χ0v) is 27.4. The summed E-state index contributed by atoms with van der Waals surface area (Å²) < 4.78 is 15.9. The minimum absolute atomic E-state index is 0.0120. The van der Waals surface area contributed by atoms with E-state index in [4.69, 9.17) is 11.6 Å². The lowest BCUT2D eigenvalue weighted by Gasteiger charge is -2.41. The van der Waals surface area contributed by atoms with Gasteiger partial charge < -0.3 is 20.0 Å². The van der Waals surface area contributed by atoms with Crippen molar-refractivity contribution < 1.29 is 14.0 Å². The van der Waals surface area contributed by atoms with Crippen molar-refractivity contribution in [2.45, 2.75) is 31.3 Å². The zero-order chi connectivity index (χ0) is 33.4. The molecule has 0 bridgehead atoms. The smallest absolute Gasteiger partial charge is 0.277 e. The normalized spacial score (nSPS) is 16.6. The van der Waals surface area contributed by atoms with Crippen molar-refractivity contribution in [2.24, 2.45) is 0 Å². The van der Waals surface area contributed by atoms with Crippen LogP contribution < -0.4 is 10.2 Å². The summed E-state index contributed by atoms with van der Waals surface area (Å²) in [5.41, 5.74) is 5.45. The standard InChI is InChI=1S/C35H35ClFN9O2/c1-43(2)25-13-16-44(17-14-25)30-7-3-5-27-26(30)15-18-45(35(48)29-21-46(42-41-29)31-8-4-6-28(36)32(31)37)33(27)34(47)40-24-11-9-22(10-12-24)23-19-38-39-20-23/h3-12,19-21,25,33H,13-18H2,1-2H3,(H,38,39)(H,40,47)/t33-/m1/s1. The van der Waals surface area contributed by atoms with E-state index in [2.05, 4.69) is 55.8 Å². The average Bonchev–Trinajstić information content (AvgIpc) is 3.82. The topological polar surface area (TPSA) is 115 Å². The third-order valence-electron chi connectivity index (χ3n) is 9.32. The van der Waals surface area contributed by atoms with E-state index >= 15 is 0 Å². The number of amides is 2. The fraction of sp³-hybridized carbons (Fsp3) is 0.286. The lowest BCUT2D eigenvalue weighted by Crippen LogP contribution is -2.46. The Kier molecular flexibility index (Phi) is 8.67. The van der Waals surface area contributed by atoms with Crippen molar-refractivity contribution in [3.63, 3.8) is 0 Å². The molecule has 0 radical (unpaired) electrons. The van der Waals surface area contributed by atoms with Gasteiger partial charge in [0.1, 0.15) is 11.7 Å². The maximum absolute atomic E-state index is 14.8. The highest BCUT2D eigenvalue weighted by Crippen LogP contribution is 2.38. The van der Waals surface area contributed by atoms with Crippen LogP contribution in [0.2, 0.25) is 5.02 Å². The predicted molar refractivity (Wildman–Crippen MR) is 182 cm³/mol. The van der Waals surface area contributed by atoms with Gasteiger partial charge in [-0.3, -0.25) is 14.7 Å². The van der Waals surface area contributed by atoms with Crippen molar-refractivity contribution in [3.8, 4) is 16.8 Å². The number of hydrogen-bond acceptors (Lipinski definition) is 7. The van der Waals surface area contributed by atoms with Crippen LogP contribution in [0, 0.1) is 5.82 Å². The number of piperidine rings is 1. The molecule has 1 saturated heterocycles. The molecule has 1 atom stereocenters. The summed E-state index contributed by atoms with van der Waals surface area (Å²) in [5.74, 6) is -1.51. The summed E-state index contributed by atoms with van der Waals surface area (Å²) >= 11 is 5.98. The van der Waals surface area contributed by atoms with E-state index < -0.39 is 17.8 Å². The Morgan fingerprint density at radius 3 is 2.46 bits per heavy atom. The molecular weight excluding hydrogens is 633 g/mol. The summed E-state index contributed by atoms with van der Waals surface area (Å²) in [6.45, 7) is 2.10. The van der Waals surface area contributed by atoms with E-state index in [9.17, 15) is 14.0 Å². The molecule has 2 amide bonds. The molecule has 1 fully saturated rings. The fourth-order valence-corrected chi connectivity index (χ4v) is 6.90. The van der Waals surface area contributed by atoms with Gasteiger partial charge >= 0.3 is 0 Å². The summed E-state index contributed by atoms with van der Waals surface area (Å²) in [7, 11) is 4.24. The van der Waals surface area contributed by atoms with Gasteiger partial charge in [-0.05, 0) is 80.4 Å². The molecule has 0 aliphatic carbocycles. The second-order valence-electron chi connectivity index (χ2n) is 12.4. The number of aromatic nitrogens is 5. The number of nitrogens with one attached hydrogen (secondary N) is 2. The van der Waals surface area contributed by atoms with Gasteiger partial charge in [0.2, 0.25) is 0 Å². The third-order valence-corrected chi connectivity index (χ3v) is 9.61. The Morgan fingerprint density at radius 1 is 0.979 bits per heavy atom. The maximum Gasteiger partial charge on any atom is 0.277 e. The van der Waals surface area contributed by atoms with Gasteiger partial charge in [0, 0.05) is 48.8 Å². The van der Waals surface area contributed by atoms with Crippen LogP contribution in [-0.2, 0) is 11.2 Å². The molecule has 2 N–H and O–H groups in total. The first kappa shape index (κ1) is 31.5. The molecule has 0 saturated carbocycles. The molecular formula is C35H35ClFN9O2. The molecule has 5 aromatic rings. The van der Waals surface area contributed by atoms with Gasteiger partial charge in [-0.25, -0.2) is 9.07 Å². The zero-order valence-electron chi connectivity index (χ0n) is 26.6. The number of fused-ring (bicyclic) bond motifs is 1. The highest BCUT2D eigenvalue weighted by Gasteiger charge is 2.39. The number of halogens is 2. The third kappa shape index (κ3) is 6.04. The number of hydrogen-bond donors (Lipinski definition) is 2. The lowest BCUT2D eigenvalue weighted by molar-refractivity contribution is -0.121. The number of carbonyl (C=O) groups excluding carboxylic acids is 2. The minimum Gasteiger partial charge on any atom is -0.371 e. The highest BCUT2D eigenvalue weighted by atomic mass is 35.5. The molecule has 2 aromatic heterocycles. The molecule has 2 aliphatic heterocycles. The number of rotatable bonds is 7. The largest absolute Gasteiger partial charge is 0.371 e. The maximum atomic E-state index is 14.8. The van der Waals surface area contributed by atoms with Crippen molar-refractivity contribution in [1.82, 2.24) is 35.0 Å². The Balaban J connectivity index is 1.21. The minimum atomic E-state index is -0.942. The summed E-state index contributed by atoms with van der Waals surface area (Å²) in [6, 6.07) is 17.6. The number of aromatic amines is 1. The van der Waals surface area contributed by atoms with E-state index in [0.29, 0.717) is 18.2 Å². The molecule has 0 unspecified atom stereocenters. The first-order chi connectivity index (χ1) is 23.3. The first-order valence-corrected chi connectivity index (χ1v) is 16.3. The van der Waals surface area contributed by atoms with Crippen molar-refractivity contribution in [3.05, 3.63) is 107 Å². The second kappa shape index (κ2) is 13.2. The summed E-state index contributed by atoms with van der Waals surface area (Å²) in [5, 5.41) is 17.9. The quantitative estimate of drug-likeness (QED) is 0.240. The van der Waals surface area contributed by atoms with Gasteiger partial charge in [-0.2, -0.15) is 5.10 Å².